The van der Waals surface area contributed by atoms with Crippen LogP contribution in [0.4, 0.5) is 5.13 Å². The van der Waals surface area contributed by atoms with Gasteiger partial charge >= 0.3 is 0 Å². The molecule has 4 heteroatoms. The summed E-state index contributed by atoms with van der Waals surface area (Å²) in [6.07, 6.45) is 7.44. The van der Waals surface area contributed by atoms with Crippen LogP contribution in [0.2, 0.25) is 0 Å². The molecule has 0 aromatic carbocycles. The molecule has 0 bridgehead atoms. The lowest BCUT2D eigenvalue weighted by atomic mass is 10.1. The summed E-state index contributed by atoms with van der Waals surface area (Å²) < 4.78 is 0. The minimum atomic E-state index is 0.691. The van der Waals surface area contributed by atoms with Crippen molar-refractivity contribution in [2.45, 2.75) is 52.1 Å². The normalized spacial score (nSPS) is 17.4. The predicted molar refractivity (Wildman–Crippen MR) is 74.0 cm³/mol. The molecule has 0 aliphatic heterocycles. The molecule has 1 heterocycles. The van der Waals surface area contributed by atoms with Crippen molar-refractivity contribution in [2.75, 3.05) is 12.3 Å². The number of anilines is 1. The van der Waals surface area contributed by atoms with E-state index in [2.05, 4.69) is 23.7 Å². The summed E-state index contributed by atoms with van der Waals surface area (Å²) in [7, 11) is 0. The Hall–Kier alpha value is -0.610. The van der Waals surface area contributed by atoms with E-state index in [-0.39, 0.29) is 0 Å². The fourth-order valence-electron chi connectivity index (χ4n) is 2.68. The van der Waals surface area contributed by atoms with E-state index in [1.807, 2.05) is 6.20 Å². The van der Waals surface area contributed by atoms with E-state index in [1.54, 1.807) is 11.3 Å². The maximum absolute atomic E-state index is 5.70. The second-order valence-electron chi connectivity index (χ2n) is 5.43. The third kappa shape index (κ3) is 3.68. The van der Waals surface area contributed by atoms with Crippen molar-refractivity contribution < 1.29 is 0 Å². The highest BCUT2D eigenvalue weighted by Crippen LogP contribution is 2.27. The molecule has 3 nitrogen and oxygen atoms in total. The highest BCUT2D eigenvalue weighted by atomic mass is 32.1. The summed E-state index contributed by atoms with van der Waals surface area (Å²) in [5.74, 6) is 0.723. The van der Waals surface area contributed by atoms with Gasteiger partial charge in [-0.05, 0) is 18.8 Å². The smallest absolute Gasteiger partial charge is 0.180 e. The van der Waals surface area contributed by atoms with Gasteiger partial charge in [0.1, 0.15) is 0 Å². The zero-order valence-electron chi connectivity index (χ0n) is 10.9. The predicted octanol–water partition coefficient (Wildman–Crippen LogP) is 3.13. The first kappa shape index (κ1) is 12.8. The fraction of sp³-hybridized carbons (Fsp3) is 0.769. The second kappa shape index (κ2) is 5.83. The van der Waals surface area contributed by atoms with Crippen LogP contribution in [-0.4, -0.2) is 22.5 Å². The summed E-state index contributed by atoms with van der Waals surface area (Å²) in [5, 5.41) is 0.691. The number of nitrogen functional groups attached to an aromatic ring is 1. The van der Waals surface area contributed by atoms with Gasteiger partial charge in [0.15, 0.2) is 5.13 Å². The van der Waals surface area contributed by atoms with Gasteiger partial charge in [-0.1, -0.05) is 26.7 Å². The zero-order valence-corrected chi connectivity index (χ0v) is 11.7. The molecular formula is C13H23N3S. The van der Waals surface area contributed by atoms with E-state index in [9.17, 15) is 0 Å². The summed E-state index contributed by atoms with van der Waals surface area (Å²) in [4.78, 5) is 8.08. The number of rotatable bonds is 5. The molecule has 0 atom stereocenters. The largest absolute Gasteiger partial charge is 0.375 e. The molecule has 2 rings (SSSR count). The lowest BCUT2D eigenvalue weighted by Crippen LogP contribution is -2.35. The van der Waals surface area contributed by atoms with Gasteiger partial charge in [-0.15, -0.1) is 11.3 Å². The molecule has 0 amide bonds. The molecule has 1 aromatic rings. The lowest BCUT2D eigenvalue weighted by Gasteiger charge is -2.29. The summed E-state index contributed by atoms with van der Waals surface area (Å²) in [6, 6.07) is 0.778. The van der Waals surface area contributed by atoms with Crippen LogP contribution < -0.4 is 5.73 Å². The van der Waals surface area contributed by atoms with Crippen LogP contribution in [0.1, 0.15) is 44.4 Å². The summed E-state index contributed by atoms with van der Waals surface area (Å²) in [5.41, 5.74) is 5.70. The van der Waals surface area contributed by atoms with Crippen molar-refractivity contribution in [3.8, 4) is 0 Å². The van der Waals surface area contributed by atoms with Crippen LogP contribution in [0.5, 0.6) is 0 Å². The van der Waals surface area contributed by atoms with Crippen LogP contribution in [0.3, 0.4) is 0 Å². The van der Waals surface area contributed by atoms with Gasteiger partial charge in [-0.2, -0.15) is 0 Å². The molecule has 2 N–H and O–H groups in total. The first-order chi connectivity index (χ1) is 8.15. The van der Waals surface area contributed by atoms with Gasteiger partial charge in [0.05, 0.1) is 0 Å². The van der Waals surface area contributed by atoms with Gasteiger partial charge in [-0.3, -0.25) is 4.90 Å². The molecule has 0 saturated heterocycles. The third-order valence-electron chi connectivity index (χ3n) is 3.37. The van der Waals surface area contributed by atoms with Gasteiger partial charge in [0.25, 0.3) is 0 Å². The molecule has 0 unspecified atom stereocenters. The van der Waals surface area contributed by atoms with Crippen molar-refractivity contribution in [1.29, 1.82) is 0 Å². The topological polar surface area (TPSA) is 42.2 Å². The van der Waals surface area contributed by atoms with Gasteiger partial charge in [-0.25, -0.2) is 4.98 Å². The van der Waals surface area contributed by atoms with Crippen LogP contribution in [0.15, 0.2) is 6.20 Å². The van der Waals surface area contributed by atoms with Crippen molar-refractivity contribution in [3.63, 3.8) is 0 Å². The number of nitrogens with two attached hydrogens (primary N) is 1. The molecule has 1 aliphatic carbocycles. The van der Waals surface area contributed by atoms with E-state index in [0.717, 1.165) is 18.5 Å². The molecule has 0 spiro atoms. The van der Waals surface area contributed by atoms with Crippen molar-refractivity contribution >= 4 is 16.5 Å². The van der Waals surface area contributed by atoms with E-state index >= 15 is 0 Å². The Bertz CT molecular complexity index is 342. The number of thiazole rings is 1. The Morgan fingerprint density at radius 3 is 2.71 bits per heavy atom. The summed E-state index contributed by atoms with van der Waals surface area (Å²) in [6.45, 7) is 6.80. The van der Waals surface area contributed by atoms with E-state index in [0.29, 0.717) is 5.13 Å². The molecule has 1 saturated carbocycles. The monoisotopic (exact) mass is 253 g/mol. The van der Waals surface area contributed by atoms with E-state index in [1.165, 1.54) is 37.1 Å². The quantitative estimate of drug-likeness (QED) is 0.876. The minimum Gasteiger partial charge on any atom is -0.375 e. The molecule has 1 aliphatic rings. The van der Waals surface area contributed by atoms with Crippen molar-refractivity contribution in [1.82, 2.24) is 9.88 Å². The molecule has 1 fully saturated rings. The van der Waals surface area contributed by atoms with Gasteiger partial charge in [0.2, 0.25) is 0 Å². The Kier molecular flexibility index (Phi) is 4.40. The van der Waals surface area contributed by atoms with E-state index in [4.69, 9.17) is 5.73 Å². The van der Waals surface area contributed by atoms with Crippen molar-refractivity contribution in [3.05, 3.63) is 11.1 Å². The minimum absolute atomic E-state index is 0.691. The Labute approximate surface area is 108 Å². The van der Waals surface area contributed by atoms with E-state index < -0.39 is 0 Å². The number of aromatic nitrogens is 1. The zero-order chi connectivity index (χ0) is 12.3. The molecular weight excluding hydrogens is 230 g/mol. The number of hydrogen-bond acceptors (Lipinski definition) is 4. The van der Waals surface area contributed by atoms with Crippen LogP contribution in [-0.2, 0) is 6.54 Å². The van der Waals surface area contributed by atoms with Crippen LogP contribution in [0, 0.1) is 5.92 Å². The molecule has 17 heavy (non-hydrogen) atoms. The second-order valence-corrected chi connectivity index (χ2v) is 6.57. The highest BCUT2D eigenvalue weighted by Gasteiger charge is 2.23. The van der Waals surface area contributed by atoms with Gasteiger partial charge < -0.3 is 5.73 Å². The van der Waals surface area contributed by atoms with Crippen molar-refractivity contribution in [2.24, 2.45) is 5.92 Å². The maximum Gasteiger partial charge on any atom is 0.180 e. The Morgan fingerprint density at radius 2 is 2.18 bits per heavy atom. The number of hydrogen-bond donors (Lipinski definition) is 1. The SMILES string of the molecule is CC(C)CN(Cc1cnc(N)s1)C1CCCC1. The fourth-order valence-corrected chi connectivity index (χ4v) is 3.39. The highest BCUT2D eigenvalue weighted by molar-refractivity contribution is 7.15. The maximum atomic E-state index is 5.70. The first-order valence-corrected chi connectivity index (χ1v) is 7.41. The van der Waals surface area contributed by atoms with Gasteiger partial charge in [0, 0.05) is 30.2 Å². The Balaban J connectivity index is 1.99. The molecule has 96 valence electrons. The Morgan fingerprint density at radius 1 is 1.47 bits per heavy atom. The average Bonchev–Trinajstić information content (AvgIpc) is 2.87. The average molecular weight is 253 g/mol. The standard InChI is InChI=1S/C13H23N3S/c1-10(2)8-16(11-5-3-4-6-11)9-12-7-15-13(14)17-12/h7,10-11H,3-6,8-9H2,1-2H3,(H2,14,15). The first-order valence-electron chi connectivity index (χ1n) is 6.59. The van der Waals surface area contributed by atoms with Crippen LogP contribution in [0.25, 0.3) is 0 Å². The number of nitrogens with zero attached hydrogens (tertiary/aromatic N) is 2. The van der Waals surface area contributed by atoms with Crippen LogP contribution >= 0.6 is 11.3 Å². The summed E-state index contributed by atoms with van der Waals surface area (Å²) >= 11 is 1.63. The lowest BCUT2D eigenvalue weighted by molar-refractivity contribution is 0.170. The third-order valence-corrected chi connectivity index (χ3v) is 4.18. The molecule has 0 radical (unpaired) electrons. The molecule has 1 aromatic heterocycles.